The standard InChI is InChI=1S/C22H27NO/c1-2-3-7-18-14-16-23(17-15-18)22(24)21-12-10-20(11-13-21)19-8-5-4-6-9-19/h4-6,8-13,18H,2-3,7,14-17H2,1H3. The number of carbonyl (C=O) groups is 1. The van der Waals surface area contributed by atoms with Crippen LogP contribution in [0.4, 0.5) is 0 Å². The van der Waals surface area contributed by atoms with Crippen molar-refractivity contribution in [2.24, 2.45) is 5.92 Å². The van der Waals surface area contributed by atoms with Crippen molar-refractivity contribution in [3.63, 3.8) is 0 Å². The van der Waals surface area contributed by atoms with Gasteiger partial charge in [0.25, 0.3) is 5.91 Å². The third kappa shape index (κ3) is 4.05. The molecule has 0 aliphatic carbocycles. The van der Waals surface area contributed by atoms with Gasteiger partial charge >= 0.3 is 0 Å². The molecule has 0 atom stereocenters. The first kappa shape index (κ1) is 16.8. The van der Waals surface area contributed by atoms with Crippen LogP contribution in [0.2, 0.25) is 0 Å². The van der Waals surface area contributed by atoms with Crippen LogP contribution in [0.5, 0.6) is 0 Å². The van der Waals surface area contributed by atoms with Crippen LogP contribution in [-0.2, 0) is 0 Å². The topological polar surface area (TPSA) is 20.3 Å². The van der Waals surface area contributed by atoms with Crippen molar-refractivity contribution in [1.82, 2.24) is 4.90 Å². The molecule has 126 valence electrons. The minimum Gasteiger partial charge on any atom is -0.339 e. The summed E-state index contributed by atoms with van der Waals surface area (Å²) >= 11 is 0. The number of unbranched alkanes of at least 4 members (excludes halogenated alkanes) is 1. The van der Waals surface area contributed by atoms with Crippen LogP contribution in [0.3, 0.4) is 0 Å². The average molecular weight is 321 g/mol. The van der Waals surface area contributed by atoms with Gasteiger partial charge in [0, 0.05) is 18.7 Å². The highest BCUT2D eigenvalue weighted by atomic mass is 16.2. The minimum absolute atomic E-state index is 0.184. The van der Waals surface area contributed by atoms with Crippen LogP contribution in [0.25, 0.3) is 11.1 Å². The lowest BCUT2D eigenvalue weighted by Crippen LogP contribution is -2.38. The molecule has 1 aliphatic heterocycles. The van der Waals surface area contributed by atoms with Gasteiger partial charge in [0.2, 0.25) is 0 Å². The normalized spacial score (nSPS) is 15.5. The summed E-state index contributed by atoms with van der Waals surface area (Å²) in [5.41, 5.74) is 3.15. The lowest BCUT2D eigenvalue weighted by molar-refractivity contribution is 0.0686. The second-order valence-corrected chi connectivity index (χ2v) is 6.82. The molecule has 0 unspecified atom stereocenters. The van der Waals surface area contributed by atoms with E-state index in [0.29, 0.717) is 0 Å². The number of hydrogen-bond donors (Lipinski definition) is 0. The van der Waals surface area contributed by atoms with E-state index in [0.717, 1.165) is 43.0 Å². The Bertz CT molecular complexity index is 639. The maximum Gasteiger partial charge on any atom is 0.253 e. The van der Waals surface area contributed by atoms with Crippen molar-refractivity contribution in [1.29, 1.82) is 0 Å². The smallest absolute Gasteiger partial charge is 0.253 e. The van der Waals surface area contributed by atoms with Gasteiger partial charge in [-0.15, -0.1) is 0 Å². The predicted molar refractivity (Wildman–Crippen MR) is 100 cm³/mol. The summed E-state index contributed by atoms with van der Waals surface area (Å²) in [5, 5.41) is 0. The highest BCUT2D eigenvalue weighted by Crippen LogP contribution is 2.24. The van der Waals surface area contributed by atoms with Gasteiger partial charge in [0.15, 0.2) is 0 Å². The van der Waals surface area contributed by atoms with Crippen molar-refractivity contribution in [3.8, 4) is 11.1 Å². The van der Waals surface area contributed by atoms with Crippen molar-refractivity contribution >= 4 is 5.91 Å². The van der Waals surface area contributed by atoms with Gasteiger partial charge in [-0.25, -0.2) is 0 Å². The number of hydrogen-bond acceptors (Lipinski definition) is 1. The number of piperidine rings is 1. The van der Waals surface area contributed by atoms with Gasteiger partial charge in [-0.2, -0.15) is 0 Å². The molecular weight excluding hydrogens is 294 g/mol. The lowest BCUT2D eigenvalue weighted by atomic mass is 9.91. The number of rotatable bonds is 5. The summed E-state index contributed by atoms with van der Waals surface area (Å²) in [6, 6.07) is 18.3. The number of amides is 1. The molecule has 1 heterocycles. The Kier molecular flexibility index (Phi) is 5.68. The molecule has 0 saturated carbocycles. The van der Waals surface area contributed by atoms with Gasteiger partial charge in [0.1, 0.15) is 0 Å². The van der Waals surface area contributed by atoms with Gasteiger partial charge in [-0.3, -0.25) is 4.79 Å². The van der Waals surface area contributed by atoms with E-state index in [1.807, 2.05) is 35.2 Å². The lowest BCUT2D eigenvalue weighted by Gasteiger charge is -2.32. The van der Waals surface area contributed by atoms with Crippen molar-refractivity contribution in [2.45, 2.75) is 39.0 Å². The molecule has 0 bridgehead atoms. The third-order valence-corrected chi connectivity index (χ3v) is 5.11. The maximum atomic E-state index is 12.7. The second kappa shape index (κ2) is 8.14. The fourth-order valence-corrected chi connectivity index (χ4v) is 3.54. The molecule has 2 heteroatoms. The maximum absolute atomic E-state index is 12.7. The first-order valence-electron chi connectivity index (χ1n) is 9.22. The Hall–Kier alpha value is -2.09. The molecule has 2 aromatic carbocycles. The fraction of sp³-hybridized carbons (Fsp3) is 0.409. The monoisotopic (exact) mass is 321 g/mol. The fourth-order valence-electron chi connectivity index (χ4n) is 3.54. The van der Waals surface area contributed by atoms with Crippen LogP contribution in [0.1, 0.15) is 49.4 Å². The molecule has 2 nitrogen and oxygen atoms in total. The molecule has 3 rings (SSSR count). The van der Waals surface area contributed by atoms with E-state index in [1.54, 1.807) is 0 Å². The molecule has 0 N–H and O–H groups in total. The van der Waals surface area contributed by atoms with Crippen molar-refractivity contribution in [3.05, 3.63) is 60.2 Å². The number of nitrogens with zero attached hydrogens (tertiary/aromatic N) is 1. The van der Waals surface area contributed by atoms with Crippen molar-refractivity contribution in [2.75, 3.05) is 13.1 Å². The Morgan fingerprint density at radius 2 is 1.58 bits per heavy atom. The van der Waals surface area contributed by atoms with E-state index < -0.39 is 0 Å². The molecule has 1 aliphatic rings. The SMILES string of the molecule is CCCCC1CCN(C(=O)c2ccc(-c3ccccc3)cc2)CC1. The van der Waals surface area contributed by atoms with Gasteiger partial charge in [0.05, 0.1) is 0 Å². The quantitative estimate of drug-likeness (QED) is 0.722. The summed E-state index contributed by atoms with van der Waals surface area (Å²) in [6.45, 7) is 4.07. The molecule has 1 amide bonds. The van der Waals surface area contributed by atoms with E-state index in [1.165, 1.54) is 24.8 Å². The van der Waals surface area contributed by atoms with Gasteiger partial charge in [-0.05, 0) is 42.0 Å². The molecule has 2 aromatic rings. The van der Waals surface area contributed by atoms with Gasteiger partial charge < -0.3 is 4.90 Å². The van der Waals surface area contributed by atoms with Crippen LogP contribution in [0, 0.1) is 5.92 Å². The molecular formula is C22H27NO. The summed E-state index contributed by atoms with van der Waals surface area (Å²) < 4.78 is 0. The average Bonchev–Trinajstić information content (AvgIpc) is 2.67. The summed E-state index contributed by atoms with van der Waals surface area (Å²) in [7, 11) is 0. The Labute approximate surface area is 145 Å². The third-order valence-electron chi connectivity index (χ3n) is 5.11. The summed E-state index contributed by atoms with van der Waals surface area (Å²) in [4.78, 5) is 14.7. The van der Waals surface area contributed by atoms with E-state index in [4.69, 9.17) is 0 Å². The number of benzene rings is 2. The van der Waals surface area contributed by atoms with Crippen LogP contribution in [0.15, 0.2) is 54.6 Å². The zero-order chi connectivity index (χ0) is 16.8. The number of likely N-dealkylation sites (tertiary alicyclic amines) is 1. The molecule has 0 aromatic heterocycles. The zero-order valence-electron chi connectivity index (χ0n) is 14.6. The zero-order valence-corrected chi connectivity index (χ0v) is 14.6. The minimum atomic E-state index is 0.184. The van der Waals surface area contributed by atoms with Crippen LogP contribution < -0.4 is 0 Å². The molecule has 24 heavy (non-hydrogen) atoms. The summed E-state index contributed by atoms with van der Waals surface area (Å²) in [5.74, 6) is 0.998. The Morgan fingerprint density at radius 3 is 2.21 bits per heavy atom. The predicted octanol–water partition coefficient (Wildman–Crippen LogP) is 5.40. The molecule has 0 spiro atoms. The second-order valence-electron chi connectivity index (χ2n) is 6.82. The molecule has 1 fully saturated rings. The molecule has 0 radical (unpaired) electrons. The number of carbonyl (C=O) groups excluding carboxylic acids is 1. The van der Waals surface area contributed by atoms with Crippen molar-refractivity contribution < 1.29 is 4.79 Å². The van der Waals surface area contributed by atoms with E-state index in [-0.39, 0.29) is 5.91 Å². The van der Waals surface area contributed by atoms with Crippen LogP contribution in [-0.4, -0.2) is 23.9 Å². The first-order valence-corrected chi connectivity index (χ1v) is 9.22. The van der Waals surface area contributed by atoms with Gasteiger partial charge in [-0.1, -0.05) is 68.7 Å². The largest absolute Gasteiger partial charge is 0.339 e. The van der Waals surface area contributed by atoms with E-state index in [2.05, 4.69) is 31.2 Å². The highest BCUT2D eigenvalue weighted by Gasteiger charge is 2.23. The van der Waals surface area contributed by atoms with E-state index in [9.17, 15) is 4.79 Å². The molecule has 1 saturated heterocycles. The Balaban J connectivity index is 1.60. The summed E-state index contributed by atoms with van der Waals surface area (Å²) in [6.07, 6.45) is 6.23. The first-order chi connectivity index (χ1) is 11.8. The van der Waals surface area contributed by atoms with Crippen LogP contribution >= 0.6 is 0 Å². The highest BCUT2D eigenvalue weighted by molar-refractivity contribution is 5.94. The Morgan fingerprint density at radius 1 is 0.958 bits per heavy atom. The van der Waals surface area contributed by atoms with E-state index >= 15 is 0 Å².